The van der Waals surface area contributed by atoms with E-state index >= 15 is 0 Å². The molecule has 0 saturated carbocycles. The minimum absolute atomic E-state index is 0.287. The fourth-order valence-electron chi connectivity index (χ4n) is 1.95. The summed E-state index contributed by atoms with van der Waals surface area (Å²) in [5.41, 5.74) is 0.124. The van der Waals surface area contributed by atoms with E-state index in [9.17, 15) is 26.3 Å². The van der Waals surface area contributed by atoms with Crippen LogP contribution in [0.5, 0.6) is 5.75 Å². The van der Waals surface area contributed by atoms with Crippen LogP contribution in [0, 0.1) is 0 Å². The summed E-state index contributed by atoms with van der Waals surface area (Å²) in [6.45, 7) is 3.46. The zero-order valence-electron chi connectivity index (χ0n) is 11.5. The van der Waals surface area contributed by atoms with Crippen molar-refractivity contribution in [3.05, 3.63) is 60.2 Å². The highest BCUT2D eigenvalue weighted by atomic mass is 19.4. The van der Waals surface area contributed by atoms with Crippen molar-refractivity contribution >= 4 is 6.08 Å². The molecular formula is C16H10F6O. The maximum Gasteiger partial charge on any atom is 0.573 e. The summed E-state index contributed by atoms with van der Waals surface area (Å²) < 4.78 is 78.4. The first kappa shape index (κ1) is 16.9. The van der Waals surface area contributed by atoms with Gasteiger partial charge in [-0.25, -0.2) is 0 Å². The van der Waals surface area contributed by atoms with Crippen LogP contribution in [0.3, 0.4) is 0 Å². The summed E-state index contributed by atoms with van der Waals surface area (Å²) in [4.78, 5) is 0. The first-order chi connectivity index (χ1) is 10.6. The summed E-state index contributed by atoms with van der Waals surface area (Å²) in [6.07, 6.45) is -8.03. The molecule has 0 heterocycles. The van der Waals surface area contributed by atoms with Crippen LogP contribution in [-0.2, 0) is 6.18 Å². The topological polar surface area (TPSA) is 9.23 Å². The third kappa shape index (κ3) is 4.51. The lowest BCUT2D eigenvalue weighted by Gasteiger charge is -2.12. The summed E-state index contributed by atoms with van der Waals surface area (Å²) in [6, 6.07) is 7.82. The second kappa shape index (κ2) is 5.98. The maximum absolute atomic E-state index is 12.5. The van der Waals surface area contributed by atoms with E-state index in [0.29, 0.717) is 11.1 Å². The van der Waals surface area contributed by atoms with Crippen molar-refractivity contribution in [1.82, 2.24) is 0 Å². The Morgan fingerprint density at radius 1 is 0.826 bits per heavy atom. The molecule has 2 aromatic rings. The molecule has 0 amide bonds. The Morgan fingerprint density at radius 3 is 1.91 bits per heavy atom. The molecule has 7 heteroatoms. The lowest BCUT2D eigenvalue weighted by atomic mass is 10.0. The van der Waals surface area contributed by atoms with Gasteiger partial charge in [-0.1, -0.05) is 24.8 Å². The SMILES string of the molecule is C=Cc1cc(OC(F)(F)F)cc(-c2ccc(C(F)(F)F)cc2)c1. The molecule has 1 nitrogen and oxygen atoms in total. The van der Waals surface area contributed by atoms with Gasteiger partial charge in [0.25, 0.3) is 0 Å². The summed E-state index contributed by atoms with van der Waals surface area (Å²) in [5, 5.41) is 0. The molecule has 2 rings (SSSR count). The first-order valence-corrected chi connectivity index (χ1v) is 6.29. The molecule has 0 atom stereocenters. The van der Waals surface area contributed by atoms with E-state index in [1.165, 1.54) is 24.3 Å². The van der Waals surface area contributed by atoms with Gasteiger partial charge in [-0.15, -0.1) is 13.2 Å². The molecule has 0 unspecified atom stereocenters. The van der Waals surface area contributed by atoms with E-state index in [1.54, 1.807) is 0 Å². The molecule has 0 aliphatic carbocycles. The van der Waals surface area contributed by atoms with Crippen LogP contribution in [0.4, 0.5) is 26.3 Å². The number of alkyl halides is 6. The normalized spacial score (nSPS) is 12.1. The summed E-state index contributed by atoms with van der Waals surface area (Å²) in [5.74, 6) is -0.468. The van der Waals surface area contributed by atoms with E-state index in [4.69, 9.17) is 0 Å². The Bertz CT molecular complexity index is 698. The van der Waals surface area contributed by atoms with E-state index in [0.717, 1.165) is 24.3 Å². The van der Waals surface area contributed by atoms with Crippen molar-refractivity contribution in [3.63, 3.8) is 0 Å². The molecule has 23 heavy (non-hydrogen) atoms. The quantitative estimate of drug-likeness (QED) is 0.635. The van der Waals surface area contributed by atoms with Gasteiger partial charge in [-0.05, 0) is 47.0 Å². The van der Waals surface area contributed by atoms with Crippen molar-refractivity contribution in [3.8, 4) is 16.9 Å². The number of hydrogen-bond acceptors (Lipinski definition) is 1. The molecule has 0 aromatic heterocycles. The van der Waals surface area contributed by atoms with Crippen LogP contribution in [-0.4, -0.2) is 6.36 Å². The Morgan fingerprint density at radius 2 is 1.43 bits per heavy atom. The third-order valence-corrected chi connectivity index (χ3v) is 2.94. The van der Waals surface area contributed by atoms with Gasteiger partial charge in [0, 0.05) is 0 Å². The first-order valence-electron chi connectivity index (χ1n) is 6.29. The minimum atomic E-state index is -4.86. The van der Waals surface area contributed by atoms with Gasteiger partial charge in [0.15, 0.2) is 0 Å². The van der Waals surface area contributed by atoms with Crippen LogP contribution in [0.1, 0.15) is 11.1 Å². The fourth-order valence-corrected chi connectivity index (χ4v) is 1.95. The Kier molecular flexibility index (Phi) is 4.40. The van der Waals surface area contributed by atoms with Crippen LogP contribution in [0.15, 0.2) is 49.0 Å². The Balaban J connectivity index is 2.42. The highest BCUT2D eigenvalue weighted by Crippen LogP contribution is 2.33. The number of benzene rings is 2. The van der Waals surface area contributed by atoms with Crippen molar-refractivity contribution in [2.75, 3.05) is 0 Å². The zero-order chi connectivity index (χ0) is 17.3. The number of halogens is 6. The van der Waals surface area contributed by atoms with Gasteiger partial charge < -0.3 is 4.74 Å². The van der Waals surface area contributed by atoms with Gasteiger partial charge in [-0.3, -0.25) is 0 Å². The summed E-state index contributed by atoms with van der Waals surface area (Å²) in [7, 11) is 0. The molecule has 0 N–H and O–H groups in total. The molecule has 0 saturated heterocycles. The van der Waals surface area contributed by atoms with E-state index in [-0.39, 0.29) is 5.56 Å². The van der Waals surface area contributed by atoms with Crippen LogP contribution >= 0.6 is 0 Å². The lowest BCUT2D eigenvalue weighted by Crippen LogP contribution is -2.17. The molecule has 0 fully saturated rings. The standard InChI is InChI=1S/C16H10F6O/c1-2-10-7-12(9-14(8-10)23-16(20,21)22)11-3-5-13(6-4-11)15(17,18)19/h2-9H,1H2. The molecule has 2 aromatic carbocycles. The van der Waals surface area contributed by atoms with E-state index in [1.807, 2.05) is 0 Å². The van der Waals surface area contributed by atoms with Crippen LogP contribution < -0.4 is 4.74 Å². The molecule has 122 valence electrons. The van der Waals surface area contributed by atoms with E-state index < -0.39 is 23.9 Å². The van der Waals surface area contributed by atoms with Crippen molar-refractivity contribution in [1.29, 1.82) is 0 Å². The van der Waals surface area contributed by atoms with Gasteiger partial charge in [0.1, 0.15) is 5.75 Å². The third-order valence-electron chi connectivity index (χ3n) is 2.94. The van der Waals surface area contributed by atoms with Crippen molar-refractivity contribution in [2.24, 2.45) is 0 Å². The fraction of sp³-hybridized carbons (Fsp3) is 0.125. The second-order valence-electron chi connectivity index (χ2n) is 4.62. The second-order valence-corrected chi connectivity index (χ2v) is 4.62. The van der Waals surface area contributed by atoms with Crippen molar-refractivity contribution in [2.45, 2.75) is 12.5 Å². The summed E-state index contributed by atoms with van der Waals surface area (Å²) >= 11 is 0. The largest absolute Gasteiger partial charge is 0.573 e. The Labute approximate surface area is 127 Å². The highest BCUT2D eigenvalue weighted by molar-refractivity contribution is 5.69. The average Bonchev–Trinajstić information content (AvgIpc) is 2.44. The smallest absolute Gasteiger partial charge is 0.406 e. The average molecular weight is 332 g/mol. The Hall–Kier alpha value is -2.44. The predicted molar refractivity (Wildman–Crippen MR) is 73.7 cm³/mol. The number of hydrogen-bond donors (Lipinski definition) is 0. The van der Waals surface area contributed by atoms with Gasteiger partial charge in [0.2, 0.25) is 0 Å². The molecule has 0 spiro atoms. The molecule has 0 aliphatic heterocycles. The van der Waals surface area contributed by atoms with Gasteiger partial charge in [-0.2, -0.15) is 13.2 Å². The number of ether oxygens (including phenoxy) is 1. The number of rotatable bonds is 3. The van der Waals surface area contributed by atoms with Crippen LogP contribution in [0.25, 0.3) is 17.2 Å². The predicted octanol–water partition coefficient (Wildman–Crippen LogP) is 5.91. The highest BCUT2D eigenvalue weighted by Gasteiger charge is 2.32. The monoisotopic (exact) mass is 332 g/mol. The lowest BCUT2D eigenvalue weighted by molar-refractivity contribution is -0.274. The molecule has 0 bridgehead atoms. The van der Waals surface area contributed by atoms with Crippen molar-refractivity contribution < 1.29 is 31.1 Å². The van der Waals surface area contributed by atoms with Crippen LogP contribution in [0.2, 0.25) is 0 Å². The van der Waals surface area contributed by atoms with Gasteiger partial charge in [0.05, 0.1) is 5.56 Å². The minimum Gasteiger partial charge on any atom is -0.406 e. The van der Waals surface area contributed by atoms with E-state index in [2.05, 4.69) is 11.3 Å². The molecule has 0 aliphatic rings. The van der Waals surface area contributed by atoms with Gasteiger partial charge >= 0.3 is 12.5 Å². The zero-order valence-corrected chi connectivity index (χ0v) is 11.5. The maximum atomic E-state index is 12.5. The molecular weight excluding hydrogens is 322 g/mol. The molecule has 0 radical (unpaired) electrons.